The van der Waals surface area contributed by atoms with Crippen LogP contribution in [0.5, 0.6) is 11.5 Å². The van der Waals surface area contributed by atoms with E-state index in [9.17, 15) is 4.79 Å². The number of carbonyl (C=O) groups excluding carboxylic acids is 1. The first kappa shape index (κ1) is 18.0. The van der Waals surface area contributed by atoms with Crippen molar-refractivity contribution in [2.75, 3.05) is 6.61 Å². The van der Waals surface area contributed by atoms with Crippen LogP contribution in [0, 0.1) is 0 Å². The topological polar surface area (TPSA) is 70.9 Å². The maximum Gasteiger partial charge on any atom is 0.277 e. The molecular formula is C15H11Br3N2O3. The van der Waals surface area contributed by atoms with E-state index in [2.05, 4.69) is 58.3 Å². The van der Waals surface area contributed by atoms with Gasteiger partial charge in [-0.3, -0.25) is 4.79 Å². The van der Waals surface area contributed by atoms with E-state index in [1.807, 2.05) is 12.1 Å². The van der Waals surface area contributed by atoms with Gasteiger partial charge in [0.2, 0.25) is 0 Å². The van der Waals surface area contributed by atoms with Crippen molar-refractivity contribution in [3.05, 3.63) is 55.4 Å². The highest BCUT2D eigenvalue weighted by atomic mass is 79.9. The SMILES string of the molecule is O=C(COc1c(Br)cc(Br)cc1Br)N/N=C/c1ccc(O)cc1. The average molecular weight is 507 g/mol. The molecule has 0 atom stereocenters. The van der Waals surface area contributed by atoms with Gasteiger partial charge in [-0.1, -0.05) is 15.9 Å². The van der Waals surface area contributed by atoms with Crippen molar-refractivity contribution in [1.29, 1.82) is 0 Å². The van der Waals surface area contributed by atoms with E-state index in [4.69, 9.17) is 9.84 Å². The Morgan fingerprint density at radius 2 is 1.78 bits per heavy atom. The van der Waals surface area contributed by atoms with Gasteiger partial charge in [0, 0.05) is 4.47 Å². The number of rotatable bonds is 5. The molecule has 120 valence electrons. The minimum Gasteiger partial charge on any atom is -0.508 e. The van der Waals surface area contributed by atoms with Gasteiger partial charge in [0.15, 0.2) is 6.61 Å². The standard InChI is InChI=1S/C15H11Br3N2O3/c16-10-5-12(17)15(13(18)6-10)23-8-14(22)20-19-7-9-1-3-11(21)4-2-9/h1-7,21H,8H2,(H,20,22)/b19-7+. The highest BCUT2D eigenvalue weighted by Crippen LogP contribution is 2.36. The summed E-state index contributed by atoms with van der Waals surface area (Å²) in [6, 6.07) is 10.1. The summed E-state index contributed by atoms with van der Waals surface area (Å²) in [6.07, 6.45) is 1.48. The van der Waals surface area contributed by atoms with Crippen LogP contribution in [0.25, 0.3) is 0 Å². The van der Waals surface area contributed by atoms with E-state index in [1.165, 1.54) is 18.3 Å². The summed E-state index contributed by atoms with van der Waals surface area (Å²) >= 11 is 10.1. The Balaban J connectivity index is 1.87. The van der Waals surface area contributed by atoms with Crippen LogP contribution in [0.15, 0.2) is 54.9 Å². The predicted octanol–water partition coefficient (Wildman–Crippen LogP) is 4.21. The van der Waals surface area contributed by atoms with Crippen molar-refractivity contribution in [1.82, 2.24) is 5.43 Å². The summed E-state index contributed by atoms with van der Waals surface area (Å²) in [5.74, 6) is 0.317. The lowest BCUT2D eigenvalue weighted by molar-refractivity contribution is -0.123. The minimum absolute atomic E-state index is 0.172. The second-order valence-corrected chi connectivity index (χ2v) is 7.00. The Morgan fingerprint density at radius 1 is 1.17 bits per heavy atom. The number of ether oxygens (including phenoxy) is 1. The number of benzene rings is 2. The van der Waals surface area contributed by atoms with E-state index >= 15 is 0 Å². The summed E-state index contributed by atoms with van der Waals surface area (Å²) in [5, 5.41) is 13.0. The molecule has 2 aromatic carbocycles. The number of hydrogen-bond donors (Lipinski definition) is 2. The molecular weight excluding hydrogens is 496 g/mol. The molecule has 0 aliphatic carbocycles. The summed E-state index contributed by atoms with van der Waals surface area (Å²) < 4.78 is 7.79. The molecule has 8 heteroatoms. The molecule has 23 heavy (non-hydrogen) atoms. The van der Waals surface area contributed by atoms with Crippen molar-refractivity contribution < 1.29 is 14.6 Å². The van der Waals surface area contributed by atoms with Crippen LogP contribution in [0.2, 0.25) is 0 Å². The third-order valence-corrected chi connectivity index (χ3v) is 4.24. The van der Waals surface area contributed by atoms with Gasteiger partial charge in [0.05, 0.1) is 15.2 Å². The van der Waals surface area contributed by atoms with Crippen LogP contribution in [-0.4, -0.2) is 23.8 Å². The number of phenols is 1. The Bertz CT molecular complexity index is 710. The Kier molecular flexibility index (Phi) is 6.61. The fourth-order valence-electron chi connectivity index (χ4n) is 1.58. The van der Waals surface area contributed by atoms with Gasteiger partial charge in [-0.2, -0.15) is 5.10 Å². The molecule has 2 rings (SSSR count). The lowest BCUT2D eigenvalue weighted by Crippen LogP contribution is -2.24. The zero-order valence-corrected chi connectivity index (χ0v) is 16.4. The zero-order valence-electron chi connectivity index (χ0n) is 11.6. The molecule has 0 saturated heterocycles. The largest absolute Gasteiger partial charge is 0.508 e. The summed E-state index contributed by atoms with van der Waals surface area (Å²) in [7, 11) is 0. The van der Waals surface area contributed by atoms with Crippen LogP contribution < -0.4 is 10.2 Å². The smallest absolute Gasteiger partial charge is 0.277 e. The molecule has 2 aromatic rings. The maximum atomic E-state index is 11.7. The van der Waals surface area contributed by atoms with E-state index < -0.39 is 0 Å². The molecule has 0 saturated carbocycles. The van der Waals surface area contributed by atoms with E-state index in [-0.39, 0.29) is 18.3 Å². The molecule has 0 bridgehead atoms. The second kappa shape index (κ2) is 8.47. The number of nitrogens with zero attached hydrogens (tertiary/aromatic N) is 1. The van der Waals surface area contributed by atoms with Crippen LogP contribution in [-0.2, 0) is 4.79 Å². The Hall–Kier alpha value is -1.38. The fourth-order valence-corrected chi connectivity index (χ4v) is 4.06. The summed E-state index contributed by atoms with van der Waals surface area (Å²) in [6.45, 7) is -0.175. The van der Waals surface area contributed by atoms with Crippen molar-refractivity contribution in [3.63, 3.8) is 0 Å². The molecule has 0 aliphatic heterocycles. The lowest BCUT2D eigenvalue weighted by atomic mass is 10.2. The van der Waals surface area contributed by atoms with Gasteiger partial charge in [0.1, 0.15) is 11.5 Å². The molecule has 0 spiro atoms. The number of hydrogen-bond acceptors (Lipinski definition) is 4. The highest BCUT2D eigenvalue weighted by Gasteiger charge is 2.10. The molecule has 5 nitrogen and oxygen atoms in total. The molecule has 0 aliphatic rings. The van der Waals surface area contributed by atoms with E-state index in [0.717, 1.165) is 19.0 Å². The molecule has 0 radical (unpaired) electrons. The monoisotopic (exact) mass is 504 g/mol. The van der Waals surface area contributed by atoms with Gasteiger partial charge in [-0.05, 0) is 73.8 Å². The molecule has 0 fully saturated rings. The molecule has 0 aromatic heterocycles. The summed E-state index contributed by atoms with van der Waals surface area (Å²) in [5.41, 5.74) is 3.12. The maximum absolute atomic E-state index is 11.7. The molecule has 1 amide bonds. The number of halogens is 3. The van der Waals surface area contributed by atoms with E-state index in [1.54, 1.807) is 12.1 Å². The lowest BCUT2D eigenvalue weighted by Gasteiger charge is -2.09. The van der Waals surface area contributed by atoms with Gasteiger partial charge < -0.3 is 9.84 Å². The van der Waals surface area contributed by atoms with Crippen LogP contribution in [0.1, 0.15) is 5.56 Å². The van der Waals surface area contributed by atoms with Crippen LogP contribution >= 0.6 is 47.8 Å². The van der Waals surface area contributed by atoms with Crippen LogP contribution in [0.3, 0.4) is 0 Å². The third-order valence-electron chi connectivity index (χ3n) is 2.61. The Labute approximate surface area is 158 Å². The van der Waals surface area contributed by atoms with Crippen LogP contribution in [0.4, 0.5) is 0 Å². The van der Waals surface area contributed by atoms with Gasteiger partial charge >= 0.3 is 0 Å². The normalized spacial score (nSPS) is 10.7. The first-order chi connectivity index (χ1) is 11.0. The van der Waals surface area contributed by atoms with Crippen molar-refractivity contribution >= 4 is 59.9 Å². The highest BCUT2D eigenvalue weighted by molar-refractivity contribution is 9.11. The quantitative estimate of drug-likeness (QED) is 0.471. The third kappa shape index (κ3) is 5.63. The second-order valence-electron chi connectivity index (χ2n) is 4.37. The number of phenolic OH excluding ortho intramolecular Hbond substituents is 1. The fraction of sp³-hybridized carbons (Fsp3) is 0.0667. The van der Waals surface area contributed by atoms with Crippen molar-refractivity contribution in [2.45, 2.75) is 0 Å². The number of nitrogens with one attached hydrogen (secondary N) is 1. The van der Waals surface area contributed by atoms with Gasteiger partial charge in [-0.25, -0.2) is 5.43 Å². The first-order valence-corrected chi connectivity index (χ1v) is 8.72. The summed E-state index contributed by atoms with van der Waals surface area (Å²) in [4.78, 5) is 11.7. The Morgan fingerprint density at radius 3 is 2.39 bits per heavy atom. The number of aromatic hydroxyl groups is 1. The molecule has 2 N–H and O–H groups in total. The predicted molar refractivity (Wildman–Crippen MR) is 98.9 cm³/mol. The van der Waals surface area contributed by atoms with Crippen molar-refractivity contribution in [2.24, 2.45) is 5.10 Å². The minimum atomic E-state index is -0.387. The zero-order chi connectivity index (χ0) is 16.8. The van der Waals surface area contributed by atoms with Crippen molar-refractivity contribution in [3.8, 4) is 11.5 Å². The number of hydrazone groups is 1. The number of carbonyl (C=O) groups is 1. The average Bonchev–Trinajstić information content (AvgIpc) is 2.48. The molecule has 0 unspecified atom stereocenters. The first-order valence-electron chi connectivity index (χ1n) is 6.34. The molecule has 0 heterocycles. The van der Waals surface area contributed by atoms with E-state index in [0.29, 0.717) is 5.75 Å². The van der Waals surface area contributed by atoms with Gasteiger partial charge in [0.25, 0.3) is 5.91 Å². The number of amides is 1. The van der Waals surface area contributed by atoms with Gasteiger partial charge in [-0.15, -0.1) is 0 Å².